The van der Waals surface area contributed by atoms with Crippen molar-refractivity contribution in [2.24, 2.45) is 28.2 Å². The quantitative estimate of drug-likeness (QED) is 0.0856. The van der Waals surface area contributed by atoms with Crippen LogP contribution in [0, 0.1) is 69.2 Å². The number of hydrogen-bond acceptors (Lipinski definition) is 0. The molecule has 16 rings (SSSR count). The summed E-state index contributed by atoms with van der Waals surface area (Å²) in [6, 6.07) is 65.2. The first-order chi connectivity index (χ1) is 58.1. The van der Waals surface area contributed by atoms with Gasteiger partial charge in [0, 0.05) is 95.3 Å². The predicted molar refractivity (Wildman–Crippen MR) is 528 cm³/mol. The van der Waals surface area contributed by atoms with Gasteiger partial charge >= 0.3 is 0 Å². The van der Waals surface area contributed by atoms with Gasteiger partial charge in [-0.1, -0.05) is 226 Å². The minimum atomic E-state index is -0.964. The van der Waals surface area contributed by atoms with Crippen LogP contribution in [0.4, 0.5) is 0 Å². The molecule has 0 spiro atoms. The first kappa shape index (κ1) is 83.5. The number of benzene rings is 8. The monoisotopic (exact) mass is 1660 g/mol. The van der Waals surface area contributed by atoms with E-state index in [9.17, 15) is 0 Å². The minimum absolute atomic E-state index is 0.498. The van der Waals surface area contributed by atoms with Crippen molar-refractivity contribution in [2.45, 2.75) is 305 Å². The smallest absolute Gasteiger partial charge is 0.198 e. The lowest BCUT2D eigenvalue weighted by atomic mass is 9.89. The fourth-order valence-corrected chi connectivity index (χ4v) is 30.6. The molecule has 0 amide bonds. The van der Waals surface area contributed by atoms with Crippen LogP contribution < -0.4 is 18.3 Å². The third-order valence-electron chi connectivity index (χ3n) is 29.9. The molecule has 0 atom stereocenters. The van der Waals surface area contributed by atoms with Crippen LogP contribution >= 0.6 is 0 Å². The summed E-state index contributed by atoms with van der Waals surface area (Å²) in [5.41, 5.74) is 33.6. The Morgan fingerprint density at radius 2 is 0.622 bits per heavy atom. The average Bonchev–Trinajstić information content (AvgIpc) is 0.751. The molecule has 8 heterocycles. The summed E-state index contributed by atoms with van der Waals surface area (Å²) in [7, 11) is 4.64. The largest absolute Gasteiger partial charge is 0.220 e. The second kappa shape index (κ2) is 36.4. The van der Waals surface area contributed by atoms with E-state index in [-0.39, 0.29) is 0 Å². The maximum absolute atomic E-state index is 8.96. The second-order valence-electron chi connectivity index (χ2n) is 41.1. The number of nitrogens with zero attached hydrogens (tertiary/aromatic N) is 4. The molecule has 4 nitrogen and oxygen atoms in total. The molecule has 0 saturated carbocycles. The van der Waals surface area contributed by atoms with Gasteiger partial charge in [0.2, 0.25) is 22.8 Å². The van der Waals surface area contributed by atoms with Gasteiger partial charge in [0.15, 0.2) is 22.8 Å². The Bertz CT molecular complexity index is 6010. The van der Waals surface area contributed by atoms with E-state index in [1.165, 1.54) is 244 Å². The van der Waals surface area contributed by atoms with Crippen molar-refractivity contribution in [2.75, 3.05) is 0 Å². The standard InChI is InChI=1S/C29H40NSi.C28H38NSi.2C27H36NSi/c1-8-22-17-23(9-2)21(4)28(18-22)29-27-11-10-25(19-26(27)16-20(3)30(29)5)24-12-14-31(6,7)15-13-24;1-19(2)23-9-8-20(3)27(18-23)28-26-11-10-24(17-25(26)16-21(4)29(28)5)22-12-14-30(6,7)15-13-22;1-18-14-19(2)21(4)26(15-18)27-25-9-8-23(17-24(25)16-20(3)28(27)5)22-10-12-29(6,7)13-11-22;1-7-21-9-8-19(2)26(17-21)27-25-11-10-23(18-24(25)16-20(3)28(27)4)22-12-14-29(5,6)15-13-22/h10-11,16-19,24H,8-9,12-15H2,1-7H3;8-11,16-19,22H,12-15H2,1-7H3;8-9,14-17,22H,10-13H2,1-7H3;8-11,16-18,22H,7,12-15H2,1-6H3/q4*+1/i4*16D. The SMILES string of the molecule is [2H]c1c(C)[n+](C)c(-c2cc(C(C)C)ccc2C)c2ccc(C3CC[Si](C)(C)CC3)cc12.[2H]c1c(C)[n+](C)c(-c2cc(C)cc(C)c2C)c2ccc(C3CC[Si](C)(C)CC3)cc12.[2H]c1c(C)[n+](C)c(-c2cc(CC)cc(CC)c2C)c2ccc(C3CC[Si](C)(C)CC3)cc12.[2H]c1c(C)[n+](C)c(-c2cc(CC)ccc2C)c2ccc(C3CC[Si](C)(C)CC3)cc12. The van der Waals surface area contributed by atoms with E-state index in [4.69, 9.17) is 5.48 Å². The van der Waals surface area contributed by atoms with Crippen LogP contribution in [0.25, 0.3) is 88.1 Å². The first-order valence-corrected chi connectivity index (χ1v) is 59.8. The van der Waals surface area contributed by atoms with Gasteiger partial charge in [-0.3, -0.25) is 0 Å². The molecule has 119 heavy (non-hydrogen) atoms. The molecule has 4 saturated heterocycles. The van der Waals surface area contributed by atoms with Crippen molar-refractivity contribution in [3.8, 4) is 45.0 Å². The molecule has 0 unspecified atom stereocenters. The average molecular weight is 1660 g/mol. The summed E-state index contributed by atoms with van der Waals surface area (Å²) in [5, 5.41) is 9.29. The molecule has 626 valence electrons. The third kappa shape index (κ3) is 19.7. The van der Waals surface area contributed by atoms with Crippen molar-refractivity contribution < 1.29 is 23.8 Å². The van der Waals surface area contributed by atoms with E-state index >= 15 is 0 Å². The van der Waals surface area contributed by atoms with Gasteiger partial charge in [0.05, 0.1) is 38.2 Å². The number of pyridine rings is 4. The lowest BCUT2D eigenvalue weighted by Crippen LogP contribution is -2.35. The molecular weight excluding hydrogens is 1500 g/mol. The van der Waals surface area contributed by atoms with Gasteiger partial charge < -0.3 is 0 Å². The van der Waals surface area contributed by atoms with Gasteiger partial charge in [0.25, 0.3) is 0 Å². The van der Waals surface area contributed by atoms with Gasteiger partial charge in [-0.2, -0.15) is 18.3 Å². The first-order valence-electron chi connectivity index (χ1n) is 48.2. The summed E-state index contributed by atoms with van der Waals surface area (Å²) in [5.74, 6) is 3.15. The molecule has 0 N–H and O–H groups in total. The van der Waals surface area contributed by atoms with E-state index < -0.39 is 32.3 Å². The number of hydrogen-bond donors (Lipinski definition) is 0. The van der Waals surface area contributed by atoms with Crippen molar-refractivity contribution in [1.29, 1.82) is 0 Å². The Labute approximate surface area is 730 Å². The zero-order chi connectivity index (χ0) is 89.1. The number of fused-ring (bicyclic) bond motifs is 4. The summed E-state index contributed by atoms with van der Waals surface area (Å²) in [4.78, 5) is 0. The molecule has 0 bridgehead atoms. The van der Waals surface area contributed by atoms with Crippen LogP contribution in [0.5, 0.6) is 0 Å². The fourth-order valence-electron chi connectivity index (χ4n) is 20.6. The zero-order valence-corrected chi connectivity index (χ0v) is 82.8. The molecule has 4 aliphatic heterocycles. The van der Waals surface area contributed by atoms with Gasteiger partial charge in [-0.15, -0.1) is 0 Å². The van der Waals surface area contributed by atoms with Gasteiger partial charge in [-0.05, 0) is 284 Å². The Morgan fingerprint density at radius 3 is 0.941 bits per heavy atom. The van der Waals surface area contributed by atoms with Crippen LogP contribution in [0.2, 0.25) is 101 Å². The summed E-state index contributed by atoms with van der Waals surface area (Å²) < 4.78 is 44.6. The van der Waals surface area contributed by atoms with Crippen molar-refractivity contribution in [1.82, 2.24) is 0 Å². The van der Waals surface area contributed by atoms with E-state index in [0.717, 1.165) is 63.6 Å². The summed E-state index contributed by atoms with van der Waals surface area (Å²) in [6.07, 6.45) is 13.7. The molecule has 0 radical (unpaired) electrons. The van der Waals surface area contributed by atoms with Crippen molar-refractivity contribution in [3.05, 3.63) is 258 Å². The predicted octanol–water partition coefficient (Wildman–Crippen LogP) is 29.6. The van der Waals surface area contributed by atoms with Gasteiger partial charge in [-0.25, -0.2) is 0 Å². The van der Waals surface area contributed by atoms with E-state index in [1.54, 1.807) is 0 Å². The highest BCUT2D eigenvalue weighted by molar-refractivity contribution is 6.78. The van der Waals surface area contributed by atoms with Crippen molar-refractivity contribution in [3.63, 3.8) is 0 Å². The Hall–Kier alpha value is -7.73. The van der Waals surface area contributed by atoms with E-state index in [0.29, 0.717) is 53.8 Å². The third-order valence-corrected chi connectivity index (χ3v) is 43.0. The van der Waals surface area contributed by atoms with Crippen molar-refractivity contribution >= 4 is 75.4 Å². The molecular formula is C111H150N4Si4+4. The maximum atomic E-state index is 8.96. The number of aromatic nitrogens is 4. The molecule has 8 heteroatoms. The molecule has 4 aromatic heterocycles. The molecule has 4 fully saturated rings. The number of rotatable bonds is 12. The summed E-state index contributed by atoms with van der Waals surface area (Å²) >= 11 is 0. The van der Waals surface area contributed by atoms with Crippen LogP contribution in [0.3, 0.4) is 0 Å². The topological polar surface area (TPSA) is 15.5 Å². The highest BCUT2D eigenvalue weighted by Gasteiger charge is 2.36. The normalized spacial score (nSPS) is 17.4. The minimum Gasteiger partial charge on any atom is -0.198 e. The van der Waals surface area contributed by atoms with Gasteiger partial charge in [0.1, 0.15) is 28.2 Å². The zero-order valence-electron chi connectivity index (χ0n) is 82.8. The Kier molecular flexibility index (Phi) is 25.5. The van der Waals surface area contributed by atoms with E-state index in [1.807, 2.05) is 0 Å². The Balaban J connectivity index is 0.000000141. The molecule has 4 aliphatic rings. The summed E-state index contributed by atoms with van der Waals surface area (Å²) in [6.45, 7) is 53.2. The molecule has 12 aromatic rings. The molecule has 8 aromatic carbocycles. The number of aryl methyl sites for hydroxylation is 7. The maximum Gasteiger partial charge on any atom is 0.220 e. The highest BCUT2D eigenvalue weighted by Crippen LogP contribution is 2.46. The van der Waals surface area contributed by atoms with Crippen LogP contribution in [0.1, 0.15) is 222 Å². The second-order valence-corrected chi connectivity index (χ2v) is 62.4. The lowest BCUT2D eigenvalue weighted by Gasteiger charge is -2.33. The van der Waals surface area contributed by atoms with Crippen LogP contribution in [0.15, 0.2) is 158 Å². The fraction of sp³-hybridized carbons (Fsp3) is 0.459. The van der Waals surface area contributed by atoms with Crippen LogP contribution in [-0.2, 0) is 47.5 Å². The molecule has 0 aliphatic carbocycles. The van der Waals surface area contributed by atoms with E-state index in [2.05, 4.69) is 336 Å². The Morgan fingerprint density at radius 1 is 0.319 bits per heavy atom. The van der Waals surface area contributed by atoms with Crippen LogP contribution in [-0.4, -0.2) is 32.3 Å². The highest BCUT2D eigenvalue weighted by atomic mass is 28.3. The lowest BCUT2D eigenvalue weighted by molar-refractivity contribution is -0.665.